The molecule has 0 unspecified atom stereocenters. The minimum Gasteiger partial charge on any atom is -0.461 e. The Balaban J connectivity index is 1.75. The maximum absolute atomic E-state index is 11.9. The number of benzene rings is 2. The third-order valence-corrected chi connectivity index (χ3v) is 3.76. The van der Waals surface area contributed by atoms with Crippen LogP contribution in [0.15, 0.2) is 48.5 Å². The average molecular weight is 403 g/mol. The number of hydrogen-bond donors (Lipinski definition) is 1. The Labute approximate surface area is 164 Å². The van der Waals surface area contributed by atoms with Gasteiger partial charge in [0.2, 0.25) is 0 Å². The monoisotopic (exact) mass is 403 g/mol. The van der Waals surface area contributed by atoms with Crippen LogP contribution in [0.3, 0.4) is 0 Å². The van der Waals surface area contributed by atoms with Crippen LogP contribution in [-0.4, -0.2) is 27.8 Å². The number of carbonyl (C=O) groups excluding carboxylic acids is 2. The third-order valence-electron chi connectivity index (χ3n) is 3.76. The lowest BCUT2D eigenvalue weighted by Gasteiger charge is -2.11. The molecule has 152 valence electrons. The fourth-order valence-electron chi connectivity index (χ4n) is 2.17. The molecule has 0 aliphatic rings. The van der Waals surface area contributed by atoms with Crippen molar-refractivity contribution in [1.82, 2.24) is 0 Å². The Morgan fingerprint density at radius 1 is 0.828 bits per heavy atom. The van der Waals surface area contributed by atoms with Crippen molar-refractivity contribution in [3.63, 3.8) is 0 Å². The van der Waals surface area contributed by atoms with Crippen LogP contribution in [0.4, 0.5) is 11.4 Å². The minimum absolute atomic E-state index is 0.0853. The van der Waals surface area contributed by atoms with Crippen molar-refractivity contribution < 1.29 is 28.9 Å². The molecule has 0 heterocycles. The summed E-state index contributed by atoms with van der Waals surface area (Å²) >= 11 is 0. The highest BCUT2D eigenvalue weighted by molar-refractivity contribution is 5.82. The van der Waals surface area contributed by atoms with Gasteiger partial charge in [-0.3, -0.25) is 29.8 Å². The van der Waals surface area contributed by atoms with Crippen LogP contribution in [0, 0.1) is 20.2 Å². The largest absolute Gasteiger partial charge is 0.461 e. The van der Waals surface area contributed by atoms with E-state index in [0.717, 1.165) is 0 Å². The molecule has 2 aromatic carbocycles. The highest BCUT2D eigenvalue weighted by Crippen LogP contribution is 2.14. The summed E-state index contributed by atoms with van der Waals surface area (Å²) in [5.74, 6) is -1.56. The molecule has 0 bridgehead atoms. The van der Waals surface area contributed by atoms with Crippen LogP contribution in [-0.2, 0) is 32.3 Å². The standard InChI is InChI=1S/C18H17N3O8/c19-16(18(23)29-11-13-3-7-15(8-4-13)21(26)27)9-17(22)28-10-12-1-5-14(6-2-12)20(24)25/h1-8,16H,9-11,19H2/t16-/m0/s1. The van der Waals surface area contributed by atoms with Crippen LogP contribution in [0.5, 0.6) is 0 Å². The van der Waals surface area contributed by atoms with Crippen LogP contribution >= 0.6 is 0 Å². The smallest absolute Gasteiger partial charge is 0.323 e. The van der Waals surface area contributed by atoms with Crippen molar-refractivity contribution >= 4 is 23.3 Å². The van der Waals surface area contributed by atoms with E-state index in [0.29, 0.717) is 11.1 Å². The first-order chi connectivity index (χ1) is 13.8. The van der Waals surface area contributed by atoms with E-state index in [9.17, 15) is 29.8 Å². The van der Waals surface area contributed by atoms with Crippen molar-refractivity contribution in [2.75, 3.05) is 0 Å². The summed E-state index contributed by atoms with van der Waals surface area (Å²) in [6, 6.07) is 9.66. The fraction of sp³-hybridized carbons (Fsp3) is 0.222. The summed E-state index contributed by atoms with van der Waals surface area (Å²) in [5.41, 5.74) is 6.52. The van der Waals surface area contributed by atoms with E-state index < -0.39 is 34.2 Å². The molecule has 2 N–H and O–H groups in total. The second-order valence-electron chi connectivity index (χ2n) is 5.93. The number of rotatable bonds is 9. The van der Waals surface area contributed by atoms with Gasteiger partial charge in [-0.2, -0.15) is 0 Å². The van der Waals surface area contributed by atoms with Crippen molar-refractivity contribution in [2.24, 2.45) is 5.73 Å². The number of carbonyl (C=O) groups is 2. The molecule has 2 rings (SSSR count). The normalized spacial score (nSPS) is 11.3. The zero-order chi connectivity index (χ0) is 21.4. The molecule has 0 aliphatic heterocycles. The van der Waals surface area contributed by atoms with E-state index in [2.05, 4.69) is 0 Å². The molecule has 1 atom stereocenters. The van der Waals surface area contributed by atoms with Gasteiger partial charge in [-0.05, 0) is 35.4 Å². The van der Waals surface area contributed by atoms with Gasteiger partial charge in [0, 0.05) is 24.3 Å². The molecular formula is C18H17N3O8. The predicted octanol–water partition coefficient (Wildman–Crippen LogP) is 2.01. The summed E-state index contributed by atoms with van der Waals surface area (Å²) in [6.07, 6.45) is -0.411. The number of nitro groups is 2. The zero-order valence-electron chi connectivity index (χ0n) is 15.1. The summed E-state index contributed by atoms with van der Waals surface area (Å²) in [5, 5.41) is 21.2. The molecule has 0 spiro atoms. The van der Waals surface area contributed by atoms with E-state index in [-0.39, 0.29) is 24.6 Å². The van der Waals surface area contributed by atoms with Gasteiger partial charge >= 0.3 is 11.9 Å². The van der Waals surface area contributed by atoms with Crippen molar-refractivity contribution in [3.8, 4) is 0 Å². The van der Waals surface area contributed by atoms with E-state index >= 15 is 0 Å². The van der Waals surface area contributed by atoms with Gasteiger partial charge in [-0.1, -0.05) is 0 Å². The molecular weight excluding hydrogens is 386 g/mol. The van der Waals surface area contributed by atoms with Gasteiger partial charge in [0.15, 0.2) is 0 Å². The number of nitrogens with two attached hydrogens (primary N) is 1. The third kappa shape index (κ3) is 6.66. The van der Waals surface area contributed by atoms with Gasteiger partial charge in [-0.25, -0.2) is 0 Å². The molecule has 0 amide bonds. The predicted molar refractivity (Wildman–Crippen MR) is 98.4 cm³/mol. The highest BCUT2D eigenvalue weighted by atomic mass is 16.6. The molecule has 2 aromatic rings. The number of nitrogens with zero attached hydrogens (tertiary/aromatic N) is 2. The first-order valence-electron chi connectivity index (χ1n) is 8.31. The molecule has 0 fully saturated rings. The highest BCUT2D eigenvalue weighted by Gasteiger charge is 2.20. The zero-order valence-corrected chi connectivity index (χ0v) is 15.1. The van der Waals surface area contributed by atoms with Crippen molar-refractivity contribution in [3.05, 3.63) is 79.9 Å². The van der Waals surface area contributed by atoms with Gasteiger partial charge in [-0.15, -0.1) is 0 Å². The Morgan fingerprint density at radius 2 is 1.24 bits per heavy atom. The van der Waals surface area contributed by atoms with E-state index in [1.54, 1.807) is 0 Å². The summed E-state index contributed by atoms with van der Waals surface area (Å²) in [7, 11) is 0. The molecule has 0 radical (unpaired) electrons. The van der Waals surface area contributed by atoms with Crippen LogP contribution in [0.1, 0.15) is 17.5 Å². The SMILES string of the molecule is N[C@@H](CC(=O)OCc1ccc([N+](=O)[O-])cc1)C(=O)OCc1ccc([N+](=O)[O-])cc1. The average Bonchev–Trinajstić information content (AvgIpc) is 2.71. The van der Waals surface area contributed by atoms with Gasteiger partial charge in [0.05, 0.1) is 16.3 Å². The van der Waals surface area contributed by atoms with Crippen LogP contribution in [0.2, 0.25) is 0 Å². The quantitative estimate of drug-likeness (QED) is 0.374. The van der Waals surface area contributed by atoms with Crippen molar-refractivity contribution in [1.29, 1.82) is 0 Å². The number of ether oxygens (including phenoxy) is 2. The van der Waals surface area contributed by atoms with Gasteiger partial charge < -0.3 is 15.2 Å². The molecule has 29 heavy (non-hydrogen) atoms. The lowest BCUT2D eigenvalue weighted by Crippen LogP contribution is -2.35. The molecule has 0 aliphatic carbocycles. The number of esters is 2. The lowest BCUT2D eigenvalue weighted by molar-refractivity contribution is -0.385. The maximum atomic E-state index is 11.9. The first kappa shape index (κ1) is 21.4. The molecule has 0 saturated carbocycles. The minimum atomic E-state index is -1.24. The Hall–Kier alpha value is -3.86. The second kappa shape index (κ2) is 9.90. The Kier molecular flexibility index (Phi) is 7.32. The number of nitro benzene ring substituents is 2. The first-order valence-corrected chi connectivity index (χ1v) is 8.31. The number of hydrogen-bond acceptors (Lipinski definition) is 9. The second-order valence-corrected chi connectivity index (χ2v) is 5.93. The molecule has 0 aromatic heterocycles. The summed E-state index contributed by atoms with van der Waals surface area (Å²) < 4.78 is 9.97. The van der Waals surface area contributed by atoms with Crippen LogP contribution in [0.25, 0.3) is 0 Å². The molecule has 11 nitrogen and oxygen atoms in total. The molecule has 0 saturated heterocycles. The van der Waals surface area contributed by atoms with E-state index in [4.69, 9.17) is 15.2 Å². The molecule has 11 heteroatoms. The van der Waals surface area contributed by atoms with Gasteiger partial charge in [0.25, 0.3) is 11.4 Å². The topological polar surface area (TPSA) is 165 Å². The van der Waals surface area contributed by atoms with Crippen LogP contribution < -0.4 is 5.73 Å². The fourth-order valence-corrected chi connectivity index (χ4v) is 2.17. The van der Waals surface area contributed by atoms with E-state index in [1.165, 1.54) is 48.5 Å². The summed E-state index contributed by atoms with van der Waals surface area (Å²) in [6.45, 7) is -0.274. The van der Waals surface area contributed by atoms with Crippen molar-refractivity contribution in [2.45, 2.75) is 25.7 Å². The summed E-state index contributed by atoms with van der Waals surface area (Å²) in [4.78, 5) is 43.8. The Bertz CT molecular complexity index is 896. The number of non-ortho nitro benzene ring substituents is 2. The van der Waals surface area contributed by atoms with Gasteiger partial charge in [0.1, 0.15) is 19.3 Å². The van der Waals surface area contributed by atoms with E-state index in [1.807, 2.05) is 0 Å². The maximum Gasteiger partial charge on any atom is 0.323 e. The Morgan fingerprint density at radius 3 is 1.66 bits per heavy atom. The lowest BCUT2D eigenvalue weighted by atomic mass is 10.2.